The van der Waals surface area contributed by atoms with Crippen LogP contribution in [0, 0.1) is 28.9 Å². The van der Waals surface area contributed by atoms with E-state index >= 15 is 0 Å². The average molecular weight is 222 g/mol. The van der Waals surface area contributed by atoms with Gasteiger partial charge in [0.05, 0.1) is 11.3 Å². The molecule has 0 saturated carbocycles. The highest BCUT2D eigenvalue weighted by molar-refractivity contribution is 5.41. The Balaban J connectivity index is 2.79. The van der Waals surface area contributed by atoms with E-state index in [0.717, 1.165) is 19.6 Å². The van der Waals surface area contributed by atoms with Gasteiger partial charge in [0.2, 0.25) is 0 Å². The van der Waals surface area contributed by atoms with Crippen LogP contribution < -0.4 is 0 Å². The smallest absolute Gasteiger partial charge is 0.269 e. The molecule has 0 unspecified atom stereocenters. The van der Waals surface area contributed by atoms with Crippen LogP contribution in [0.25, 0.3) is 0 Å². The van der Waals surface area contributed by atoms with Gasteiger partial charge in [-0.3, -0.25) is 10.1 Å². The number of nitro groups is 1. The molecule has 0 N–H and O–H groups in total. The van der Waals surface area contributed by atoms with Crippen molar-refractivity contribution in [2.45, 2.75) is 0 Å². The van der Waals surface area contributed by atoms with Crippen molar-refractivity contribution in [1.29, 1.82) is 0 Å². The largest absolute Gasteiger partial charge is 0.346 e. The van der Waals surface area contributed by atoms with Crippen LogP contribution in [0.3, 0.4) is 0 Å². The van der Waals surface area contributed by atoms with Gasteiger partial charge in [0.25, 0.3) is 12.0 Å². The lowest BCUT2D eigenvalue weighted by molar-refractivity contribution is -0.384. The molecule has 0 heterocycles. The van der Waals surface area contributed by atoms with Crippen LogP contribution in [0.5, 0.6) is 0 Å². The molecule has 0 amide bonds. The topological polar surface area (TPSA) is 92.2 Å². The number of benzene rings is 1. The van der Waals surface area contributed by atoms with Gasteiger partial charge in [-0.05, 0) is 5.56 Å². The lowest BCUT2D eigenvalue weighted by Gasteiger charge is -2.08. The molecule has 1 rings (SSSR count). The van der Waals surface area contributed by atoms with Crippen molar-refractivity contribution in [2.75, 3.05) is 7.11 Å². The van der Waals surface area contributed by atoms with Crippen molar-refractivity contribution in [3.63, 3.8) is 0 Å². The molecule has 0 fully saturated rings. The van der Waals surface area contributed by atoms with E-state index in [2.05, 4.69) is 4.74 Å². The molecule has 16 heavy (non-hydrogen) atoms. The number of nitro benzene ring substituents is 1. The summed E-state index contributed by atoms with van der Waals surface area (Å²) in [4.78, 5) is 9.83. The van der Waals surface area contributed by atoms with Crippen LogP contribution in [-0.4, -0.2) is 12.0 Å². The summed E-state index contributed by atoms with van der Waals surface area (Å²) in [5.41, 5.74) is -0.135. The van der Waals surface area contributed by atoms with Crippen molar-refractivity contribution < 1.29 is 19.9 Å². The number of hydrogen-bond acceptors (Lipinski definition) is 3. The highest BCUT2D eigenvalue weighted by Gasteiger charge is 2.21. The summed E-state index contributed by atoms with van der Waals surface area (Å²) < 4.78 is 4.27. The standard InChI is InChI=1S/C10H8NO5/c1-16-10(13)6-9(12)7-3-2-4-8(5-7)11(14)15/h2-6H,1H3. The summed E-state index contributed by atoms with van der Waals surface area (Å²) in [7, 11) is 1.14. The Hall–Kier alpha value is -1.50. The minimum Gasteiger partial charge on any atom is -0.346 e. The second-order valence-electron chi connectivity index (χ2n) is 2.84. The molecule has 0 aliphatic heterocycles. The van der Waals surface area contributed by atoms with Gasteiger partial charge in [0.15, 0.2) is 6.10 Å². The van der Waals surface area contributed by atoms with E-state index in [9.17, 15) is 20.3 Å². The maximum absolute atomic E-state index is 11.4. The molecular formula is C10H8NO5. The van der Waals surface area contributed by atoms with Crippen molar-refractivity contribution in [2.24, 2.45) is 0 Å². The van der Waals surface area contributed by atoms with E-state index in [-0.39, 0.29) is 11.3 Å². The summed E-state index contributed by atoms with van der Waals surface area (Å²) >= 11 is 0. The Morgan fingerprint density at radius 2 is 2.12 bits per heavy atom. The predicted molar refractivity (Wildman–Crippen MR) is 51.4 cm³/mol. The molecular weight excluding hydrogens is 214 g/mol. The summed E-state index contributed by atoms with van der Waals surface area (Å²) in [6.07, 6.45) is -0.689. The number of ether oxygens (including phenoxy) is 1. The number of methoxy groups -OCH3 is 1. The molecule has 5 radical (unpaired) electrons. The molecule has 0 aromatic heterocycles. The van der Waals surface area contributed by atoms with Gasteiger partial charge in [-0.25, -0.2) is 5.11 Å². The van der Waals surface area contributed by atoms with Crippen molar-refractivity contribution in [3.8, 4) is 0 Å². The molecule has 0 aliphatic carbocycles. The number of nitrogens with zero attached hydrogens (tertiary/aromatic N) is 1. The van der Waals surface area contributed by atoms with E-state index in [4.69, 9.17) is 0 Å². The second-order valence-corrected chi connectivity index (χ2v) is 2.84. The van der Waals surface area contributed by atoms with Crippen LogP contribution in [0.15, 0.2) is 24.3 Å². The van der Waals surface area contributed by atoms with Gasteiger partial charge >= 0.3 is 0 Å². The summed E-state index contributed by atoms with van der Waals surface area (Å²) in [5, 5.41) is 32.6. The molecule has 6 heteroatoms. The third-order valence-corrected chi connectivity index (χ3v) is 1.79. The molecule has 83 valence electrons. The lowest BCUT2D eigenvalue weighted by Crippen LogP contribution is -2.06. The molecule has 1 aromatic carbocycles. The third kappa shape index (κ3) is 3.27. The SMILES string of the molecule is CO[C]([O])[CH][C]([O])c1cccc([N+](=O)[O-])c1. The van der Waals surface area contributed by atoms with Crippen LogP contribution in [0.1, 0.15) is 5.56 Å². The zero-order chi connectivity index (χ0) is 12.1. The quantitative estimate of drug-likeness (QED) is 0.560. The monoisotopic (exact) mass is 222 g/mol. The molecule has 1 aromatic rings. The minimum atomic E-state index is -0.795. The average Bonchev–Trinajstić information content (AvgIpc) is 2.28. The molecule has 0 saturated heterocycles. The Morgan fingerprint density at radius 1 is 1.44 bits per heavy atom. The van der Waals surface area contributed by atoms with Crippen LogP contribution >= 0.6 is 0 Å². The fraction of sp³-hybridized carbons (Fsp3) is 0.100. The third-order valence-electron chi connectivity index (χ3n) is 1.79. The normalized spacial score (nSPS) is 11.1. The first-order chi connectivity index (χ1) is 7.54. The number of rotatable bonds is 5. The second kappa shape index (κ2) is 5.55. The van der Waals surface area contributed by atoms with Gasteiger partial charge in [0, 0.05) is 19.2 Å². The molecule has 6 nitrogen and oxygen atoms in total. The molecule has 0 aliphatic rings. The molecule has 0 spiro atoms. The summed E-state index contributed by atoms with van der Waals surface area (Å²) in [6.45, 7) is 0. The maximum atomic E-state index is 11.4. The first-order valence-electron chi connectivity index (χ1n) is 4.26. The van der Waals surface area contributed by atoms with Crippen molar-refractivity contribution in [1.82, 2.24) is 0 Å². The Morgan fingerprint density at radius 3 is 2.69 bits per heavy atom. The Bertz CT molecular complexity index is 368. The maximum Gasteiger partial charge on any atom is 0.269 e. The van der Waals surface area contributed by atoms with Crippen LogP contribution in [-0.2, 0) is 14.9 Å². The van der Waals surface area contributed by atoms with E-state index in [1.807, 2.05) is 0 Å². The summed E-state index contributed by atoms with van der Waals surface area (Å²) in [5.74, 6) is 0. The number of hydrogen-bond donors (Lipinski definition) is 0. The Labute approximate surface area is 92.2 Å². The fourth-order valence-electron chi connectivity index (χ4n) is 1.02. The van der Waals surface area contributed by atoms with E-state index < -0.39 is 17.3 Å². The van der Waals surface area contributed by atoms with E-state index in [0.29, 0.717) is 0 Å². The van der Waals surface area contributed by atoms with Gasteiger partial charge < -0.3 is 4.74 Å². The fourth-order valence-corrected chi connectivity index (χ4v) is 1.02. The number of non-ortho nitro benzene ring substituents is 1. The first-order valence-corrected chi connectivity index (χ1v) is 4.26. The highest BCUT2D eigenvalue weighted by Crippen LogP contribution is 2.23. The van der Waals surface area contributed by atoms with Crippen LogP contribution in [0.2, 0.25) is 0 Å². The molecule has 0 atom stereocenters. The zero-order valence-corrected chi connectivity index (χ0v) is 8.38. The van der Waals surface area contributed by atoms with Crippen molar-refractivity contribution in [3.05, 3.63) is 58.8 Å². The molecule has 0 bridgehead atoms. The summed E-state index contributed by atoms with van der Waals surface area (Å²) in [6, 6.07) is 5.11. The Kier molecular flexibility index (Phi) is 4.36. The van der Waals surface area contributed by atoms with Gasteiger partial charge in [-0.2, -0.15) is 5.11 Å². The highest BCUT2D eigenvalue weighted by atomic mass is 16.6. The lowest BCUT2D eigenvalue weighted by atomic mass is 10.1. The predicted octanol–water partition coefficient (Wildman–Crippen LogP) is 1.68. The minimum absolute atomic E-state index is 0.0691. The van der Waals surface area contributed by atoms with Gasteiger partial charge in [-0.15, -0.1) is 0 Å². The van der Waals surface area contributed by atoms with Gasteiger partial charge in [0.1, 0.15) is 0 Å². The first kappa shape index (κ1) is 12.6. The van der Waals surface area contributed by atoms with Crippen molar-refractivity contribution >= 4 is 5.69 Å². The van der Waals surface area contributed by atoms with E-state index in [1.54, 1.807) is 0 Å². The van der Waals surface area contributed by atoms with Gasteiger partial charge in [-0.1, -0.05) is 12.1 Å². The van der Waals surface area contributed by atoms with E-state index in [1.165, 1.54) is 18.2 Å². The van der Waals surface area contributed by atoms with Crippen LogP contribution in [0.4, 0.5) is 5.69 Å². The zero-order valence-electron chi connectivity index (χ0n) is 8.38.